The lowest BCUT2D eigenvalue weighted by atomic mass is 10.3. The average Bonchev–Trinajstić information content (AvgIpc) is 2.74. The third-order valence-electron chi connectivity index (χ3n) is 2.13. The summed E-state index contributed by atoms with van der Waals surface area (Å²) in [5, 5.41) is 18.5. The van der Waals surface area contributed by atoms with E-state index in [0.717, 1.165) is 18.0 Å². The predicted molar refractivity (Wildman–Crippen MR) is 52.1 cm³/mol. The lowest BCUT2D eigenvalue weighted by Crippen LogP contribution is -2.22. The number of aromatic nitrogens is 2. The van der Waals surface area contributed by atoms with Gasteiger partial charge in [-0.05, 0) is 18.0 Å². The smallest absolute Gasteiger partial charge is 0.237 e. The zero-order valence-electron chi connectivity index (χ0n) is 7.55. The molecule has 1 aliphatic rings. The number of nitriles is 1. The first kappa shape index (κ1) is 9.37. The molecule has 0 bridgehead atoms. The zero-order chi connectivity index (χ0) is 9.97. The minimum atomic E-state index is -0.266. The van der Waals surface area contributed by atoms with Crippen molar-refractivity contribution in [2.45, 2.75) is 18.9 Å². The Kier molecular flexibility index (Phi) is 2.61. The van der Waals surface area contributed by atoms with Gasteiger partial charge < -0.3 is 10.0 Å². The van der Waals surface area contributed by atoms with Crippen molar-refractivity contribution in [1.29, 1.82) is 5.26 Å². The van der Waals surface area contributed by atoms with Crippen LogP contribution in [0.2, 0.25) is 0 Å². The maximum atomic E-state index is 9.32. The van der Waals surface area contributed by atoms with E-state index < -0.39 is 0 Å². The van der Waals surface area contributed by atoms with Gasteiger partial charge in [-0.15, -0.1) is 0 Å². The number of hydrogen-bond acceptors (Lipinski definition) is 6. The molecule has 2 heterocycles. The fourth-order valence-corrected chi connectivity index (χ4v) is 2.03. The minimum absolute atomic E-state index is 0.266. The molecule has 1 aromatic rings. The predicted octanol–water partition coefficient (Wildman–Crippen LogP) is 0.175. The van der Waals surface area contributed by atoms with Gasteiger partial charge in [0.25, 0.3) is 0 Å². The van der Waals surface area contributed by atoms with Crippen LogP contribution in [0.15, 0.2) is 0 Å². The number of aliphatic hydroxyl groups is 1. The van der Waals surface area contributed by atoms with E-state index in [-0.39, 0.29) is 6.10 Å². The molecule has 0 aliphatic carbocycles. The summed E-state index contributed by atoms with van der Waals surface area (Å²) in [6, 6.07) is 2.04. The molecule has 0 aromatic carbocycles. The maximum Gasteiger partial charge on any atom is 0.237 e. The van der Waals surface area contributed by atoms with Gasteiger partial charge in [0.15, 0.2) is 0 Å². The lowest BCUT2D eigenvalue weighted by Gasteiger charge is -2.11. The summed E-state index contributed by atoms with van der Waals surface area (Å²) < 4.78 is 4.15. The van der Waals surface area contributed by atoms with Crippen molar-refractivity contribution in [1.82, 2.24) is 9.36 Å². The maximum absolute atomic E-state index is 9.32. The monoisotopic (exact) mass is 210 g/mol. The van der Waals surface area contributed by atoms with Crippen molar-refractivity contribution < 1.29 is 5.11 Å². The first-order chi connectivity index (χ1) is 6.79. The second-order valence-corrected chi connectivity index (χ2v) is 4.05. The standard InChI is InChI=1S/C8H10N4OS/c9-3-1-7-10-8(11-14-7)12-4-2-6(13)5-12/h6,13H,1-2,4-5H2. The lowest BCUT2D eigenvalue weighted by molar-refractivity contribution is 0.198. The summed E-state index contributed by atoms with van der Waals surface area (Å²) in [5.41, 5.74) is 0. The Balaban J connectivity index is 2.06. The number of hydrogen-bond donors (Lipinski definition) is 1. The molecule has 1 N–H and O–H groups in total. The van der Waals surface area contributed by atoms with Gasteiger partial charge in [-0.1, -0.05) is 0 Å². The van der Waals surface area contributed by atoms with Crippen molar-refractivity contribution in [3.05, 3.63) is 5.01 Å². The molecule has 0 amide bonds. The molecule has 1 atom stereocenters. The van der Waals surface area contributed by atoms with Gasteiger partial charge >= 0.3 is 0 Å². The molecule has 74 valence electrons. The Labute approximate surface area is 85.8 Å². The van der Waals surface area contributed by atoms with Crippen molar-refractivity contribution in [3.63, 3.8) is 0 Å². The average molecular weight is 210 g/mol. The number of β-amino-alcohol motifs (C(OH)–C–C–N with tert-alkyl or cyclic N) is 1. The van der Waals surface area contributed by atoms with Crippen LogP contribution in [-0.2, 0) is 6.42 Å². The van der Waals surface area contributed by atoms with Crippen LogP contribution in [0.5, 0.6) is 0 Å². The summed E-state index contributed by atoms with van der Waals surface area (Å²) in [5.74, 6) is 0.650. The van der Waals surface area contributed by atoms with E-state index in [1.54, 1.807) is 0 Å². The molecular weight excluding hydrogens is 200 g/mol. The Bertz CT molecular complexity index is 358. The van der Waals surface area contributed by atoms with Crippen LogP contribution < -0.4 is 4.90 Å². The van der Waals surface area contributed by atoms with E-state index >= 15 is 0 Å². The third kappa shape index (κ3) is 1.84. The van der Waals surface area contributed by atoms with E-state index in [2.05, 4.69) is 9.36 Å². The van der Waals surface area contributed by atoms with Crippen LogP contribution in [0.4, 0.5) is 5.95 Å². The van der Waals surface area contributed by atoms with Crippen molar-refractivity contribution in [3.8, 4) is 6.07 Å². The second-order valence-electron chi connectivity index (χ2n) is 3.21. The van der Waals surface area contributed by atoms with Crippen molar-refractivity contribution >= 4 is 17.5 Å². The Morgan fingerprint density at radius 3 is 3.21 bits per heavy atom. The summed E-state index contributed by atoms with van der Waals surface area (Å²) in [4.78, 5) is 6.16. The van der Waals surface area contributed by atoms with Crippen LogP contribution in [0.25, 0.3) is 0 Å². The van der Waals surface area contributed by atoms with Gasteiger partial charge in [-0.3, -0.25) is 0 Å². The highest BCUT2D eigenvalue weighted by atomic mass is 32.1. The van der Waals surface area contributed by atoms with Gasteiger partial charge in [-0.25, -0.2) is 4.98 Å². The Morgan fingerprint density at radius 2 is 2.57 bits per heavy atom. The molecule has 1 unspecified atom stereocenters. The van der Waals surface area contributed by atoms with Gasteiger partial charge in [-0.2, -0.15) is 9.64 Å². The molecule has 0 spiro atoms. The normalized spacial score (nSPS) is 21.1. The van der Waals surface area contributed by atoms with E-state index in [9.17, 15) is 5.11 Å². The highest BCUT2D eigenvalue weighted by Crippen LogP contribution is 2.19. The molecule has 1 fully saturated rings. The molecule has 14 heavy (non-hydrogen) atoms. The molecule has 2 rings (SSSR count). The summed E-state index contributed by atoms with van der Waals surface area (Å²) in [6.45, 7) is 1.40. The van der Waals surface area contributed by atoms with Crippen molar-refractivity contribution in [2.24, 2.45) is 0 Å². The first-order valence-corrected chi connectivity index (χ1v) is 5.19. The van der Waals surface area contributed by atoms with E-state index in [1.807, 2.05) is 11.0 Å². The molecule has 1 saturated heterocycles. The number of rotatable bonds is 2. The summed E-state index contributed by atoms with van der Waals surface area (Å²) in [7, 11) is 0. The summed E-state index contributed by atoms with van der Waals surface area (Å²) in [6.07, 6.45) is 0.818. The Morgan fingerprint density at radius 1 is 1.71 bits per heavy atom. The van der Waals surface area contributed by atoms with Crippen LogP contribution in [0.1, 0.15) is 11.4 Å². The van der Waals surface area contributed by atoms with E-state index in [0.29, 0.717) is 18.9 Å². The molecule has 1 aromatic heterocycles. The molecule has 6 heteroatoms. The van der Waals surface area contributed by atoms with Crippen LogP contribution in [-0.4, -0.2) is 33.7 Å². The molecule has 1 aliphatic heterocycles. The van der Waals surface area contributed by atoms with Crippen LogP contribution in [0, 0.1) is 11.3 Å². The fourth-order valence-electron chi connectivity index (χ4n) is 1.44. The fraction of sp³-hybridized carbons (Fsp3) is 0.625. The molecule has 5 nitrogen and oxygen atoms in total. The number of aliphatic hydroxyl groups excluding tert-OH is 1. The number of nitrogens with zero attached hydrogens (tertiary/aromatic N) is 4. The third-order valence-corrected chi connectivity index (χ3v) is 2.83. The Hall–Kier alpha value is -1.19. The highest BCUT2D eigenvalue weighted by molar-refractivity contribution is 7.05. The molecule has 0 radical (unpaired) electrons. The van der Waals surface area contributed by atoms with E-state index in [1.165, 1.54) is 11.5 Å². The van der Waals surface area contributed by atoms with Gasteiger partial charge in [0.1, 0.15) is 5.01 Å². The topological polar surface area (TPSA) is 73.0 Å². The quantitative estimate of drug-likeness (QED) is 0.753. The van der Waals surface area contributed by atoms with E-state index in [4.69, 9.17) is 5.26 Å². The SMILES string of the molecule is N#CCc1nc(N2CCC(O)C2)ns1. The van der Waals surface area contributed by atoms with Gasteiger partial charge in [0, 0.05) is 13.1 Å². The second kappa shape index (κ2) is 3.90. The van der Waals surface area contributed by atoms with Crippen LogP contribution >= 0.6 is 11.5 Å². The zero-order valence-corrected chi connectivity index (χ0v) is 8.37. The molecular formula is C8H10N4OS. The van der Waals surface area contributed by atoms with Crippen LogP contribution in [0.3, 0.4) is 0 Å². The largest absolute Gasteiger partial charge is 0.391 e. The molecule has 0 saturated carbocycles. The summed E-state index contributed by atoms with van der Waals surface area (Å²) >= 11 is 1.26. The van der Waals surface area contributed by atoms with Gasteiger partial charge in [0.05, 0.1) is 18.6 Å². The highest BCUT2D eigenvalue weighted by Gasteiger charge is 2.23. The van der Waals surface area contributed by atoms with Gasteiger partial charge in [0.2, 0.25) is 5.95 Å². The minimum Gasteiger partial charge on any atom is -0.391 e. The number of anilines is 1. The first-order valence-electron chi connectivity index (χ1n) is 4.42. The van der Waals surface area contributed by atoms with Crippen molar-refractivity contribution in [2.75, 3.05) is 18.0 Å².